The maximum absolute atomic E-state index is 12.8. The number of hydrogen-bond donors (Lipinski definition) is 0. The van der Waals surface area contributed by atoms with Crippen LogP contribution in [0.3, 0.4) is 0 Å². The lowest BCUT2D eigenvalue weighted by Crippen LogP contribution is -2.20. The zero-order valence-corrected chi connectivity index (χ0v) is 14.8. The minimum Gasteiger partial charge on any atom is -0.299 e. The quantitative estimate of drug-likeness (QED) is 0.549. The minimum atomic E-state index is -4.33. The first-order valence-corrected chi connectivity index (χ1v) is 8.76. The van der Waals surface area contributed by atoms with Gasteiger partial charge in [0.2, 0.25) is 0 Å². The molecule has 0 amide bonds. The molecule has 0 aliphatic heterocycles. The summed E-state index contributed by atoms with van der Waals surface area (Å²) in [5, 5.41) is 0. The fraction of sp³-hybridized carbons (Fsp3) is 0.476. The standard InChI is InChI=1S/C21H25F3O/c1-4-15(5-2)14(3)13-20(25)19-8-6-7-18(19)16-9-11-17(12-10-16)21(22,23)24/h4-5,9-12,14,18-19H,1,6-8,13H2,2-3H3. The molecular weight excluding hydrogens is 325 g/mol. The van der Waals surface area contributed by atoms with Crippen molar-refractivity contribution in [2.75, 3.05) is 0 Å². The molecule has 1 aromatic rings. The molecule has 1 aliphatic carbocycles. The lowest BCUT2D eigenvalue weighted by Gasteiger charge is -2.21. The van der Waals surface area contributed by atoms with E-state index in [1.54, 1.807) is 6.08 Å². The van der Waals surface area contributed by atoms with Gasteiger partial charge in [0.05, 0.1) is 5.56 Å². The maximum atomic E-state index is 12.8. The maximum Gasteiger partial charge on any atom is 0.416 e. The molecule has 0 N–H and O–H groups in total. The van der Waals surface area contributed by atoms with Crippen LogP contribution in [0, 0.1) is 11.8 Å². The number of alkyl halides is 3. The van der Waals surface area contributed by atoms with Crippen molar-refractivity contribution in [1.29, 1.82) is 0 Å². The van der Waals surface area contributed by atoms with Gasteiger partial charge < -0.3 is 0 Å². The summed E-state index contributed by atoms with van der Waals surface area (Å²) in [6.45, 7) is 7.72. The Bertz CT molecular complexity index is 640. The smallest absolute Gasteiger partial charge is 0.299 e. The predicted molar refractivity (Wildman–Crippen MR) is 94.3 cm³/mol. The monoisotopic (exact) mass is 350 g/mol. The second kappa shape index (κ2) is 8.03. The third-order valence-corrected chi connectivity index (χ3v) is 5.24. The number of rotatable bonds is 6. The number of Topliss-reactive ketones (excluding diaryl/α,β-unsaturated/α-hetero) is 1. The molecule has 3 atom stereocenters. The van der Waals surface area contributed by atoms with Crippen LogP contribution in [0.1, 0.15) is 56.6 Å². The molecule has 3 unspecified atom stereocenters. The first-order valence-electron chi connectivity index (χ1n) is 8.76. The van der Waals surface area contributed by atoms with E-state index in [2.05, 4.69) is 6.58 Å². The van der Waals surface area contributed by atoms with E-state index in [-0.39, 0.29) is 23.5 Å². The molecule has 25 heavy (non-hydrogen) atoms. The molecule has 0 bridgehead atoms. The number of benzene rings is 1. The van der Waals surface area contributed by atoms with Gasteiger partial charge in [-0.15, -0.1) is 0 Å². The number of ketones is 1. The SMILES string of the molecule is C=CC(=CC)C(C)CC(=O)C1CCCC1c1ccc(C(F)(F)F)cc1. The number of halogens is 3. The third-order valence-electron chi connectivity index (χ3n) is 5.24. The van der Waals surface area contributed by atoms with Crippen molar-refractivity contribution in [3.05, 3.63) is 59.7 Å². The van der Waals surface area contributed by atoms with E-state index in [0.29, 0.717) is 6.42 Å². The third kappa shape index (κ3) is 4.62. The van der Waals surface area contributed by atoms with Gasteiger partial charge in [0.15, 0.2) is 0 Å². The van der Waals surface area contributed by atoms with Crippen LogP contribution in [0.2, 0.25) is 0 Å². The van der Waals surface area contributed by atoms with Crippen LogP contribution in [0.25, 0.3) is 0 Å². The Balaban J connectivity index is 2.11. The van der Waals surface area contributed by atoms with Gasteiger partial charge in [-0.05, 0) is 54.9 Å². The van der Waals surface area contributed by atoms with Gasteiger partial charge in [0.1, 0.15) is 5.78 Å². The van der Waals surface area contributed by atoms with Gasteiger partial charge in [0.25, 0.3) is 0 Å². The fourth-order valence-corrected chi connectivity index (χ4v) is 3.84. The van der Waals surface area contributed by atoms with Crippen molar-refractivity contribution in [1.82, 2.24) is 0 Å². The van der Waals surface area contributed by atoms with Gasteiger partial charge >= 0.3 is 6.18 Å². The van der Waals surface area contributed by atoms with Crippen LogP contribution in [-0.2, 0) is 11.0 Å². The van der Waals surface area contributed by atoms with Crippen molar-refractivity contribution in [2.45, 2.75) is 51.6 Å². The summed E-state index contributed by atoms with van der Waals surface area (Å²) >= 11 is 0. The van der Waals surface area contributed by atoms with E-state index in [4.69, 9.17) is 0 Å². The van der Waals surface area contributed by atoms with E-state index in [9.17, 15) is 18.0 Å². The van der Waals surface area contributed by atoms with Crippen molar-refractivity contribution in [3.63, 3.8) is 0 Å². The lowest BCUT2D eigenvalue weighted by atomic mass is 9.82. The summed E-state index contributed by atoms with van der Waals surface area (Å²) in [5.74, 6) is 0.252. The van der Waals surface area contributed by atoms with Crippen molar-refractivity contribution in [3.8, 4) is 0 Å². The van der Waals surface area contributed by atoms with E-state index in [1.807, 2.05) is 19.9 Å². The second-order valence-electron chi connectivity index (χ2n) is 6.83. The summed E-state index contributed by atoms with van der Waals surface area (Å²) in [6, 6.07) is 5.30. The van der Waals surface area contributed by atoms with Crippen LogP contribution in [0.4, 0.5) is 13.2 Å². The highest BCUT2D eigenvalue weighted by molar-refractivity contribution is 5.83. The average Bonchev–Trinajstić information content (AvgIpc) is 3.05. The Morgan fingerprint density at radius 3 is 2.44 bits per heavy atom. The van der Waals surface area contributed by atoms with Crippen molar-refractivity contribution in [2.24, 2.45) is 11.8 Å². The van der Waals surface area contributed by atoms with Gasteiger partial charge in [-0.1, -0.05) is 44.2 Å². The Morgan fingerprint density at radius 2 is 1.92 bits per heavy atom. The molecule has 136 valence electrons. The summed E-state index contributed by atoms with van der Waals surface area (Å²) in [5.41, 5.74) is 1.25. The van der Waals surface area contributed by atoms with Crippen LogP contribution in [0.15, 0.2) is 48.6 Å². The fourth-order valence-electron chi connectivity index (χ4n) is 3.84. The van der Waals surface area contributed by atoms with E-state index >= 15 is 0 Å². The molecule has 2 rings (SSSR count). The molecule has 1 nitrogen and oxygen atoms in total. The lowest BCUT2D eigenvalue weighted by molar-refractivity contribution is -0.137. The first kappa shape index (κ1) is 19.5. The summed E-state index contributed by atoms with van der Waals surface area (Å²) in [6.07, 6.45) is 2.48. The summed E-state index contributed by atoms with van der Waals surface area (Å²) < 4.78 is 38.2. The molecule has 0 saturated heterocycles. The van der Waals surface area contributed by atoms with Gasteiger partial charge in [-0.2, -0.15) is 13.2 Å². The van der Waals surface area contributed by atoms with E-state index < -0.39 is 11.7 Å². The zero-order valence-electron chi connectivity index (χ0n) is 14.8. The predicted octanol–water partition coefficient (Wildman–Crippen LogP) is 6.32. The van der Waals surface area contributed by atoms with Gasteiger partial charge in [-0.25, -0.2) is 0 Å². The highest BCUT2D eigenvalue weighted by Gasteiger charge is 2.35. The average molecular weight is 350 g/mol. The largest absolute Gasteiger partial charge is 0.416 e. The normalized spacial score (nSPS) is 22.7. The summed E-state index contributed by atoms with van der Waals surface area (Å²) in [7, 11) is 0. The zero-order chi connectivity index (χ0) is 18.6. The molecular formula is C21H25F3O. The van der Waals surface area contributed by atoms with Gasteiger partial charge in [-0.3, -0.25) is 4.79 Å². The van der Waals surface area contributed by atoms with Crippen molar-refractivity contribution < 1.29 is 18.0 Å². The van der Waals surface area contributed by atoms with Crippen LogP contribution >= 0.6 is 0 Å². The molecule has 0 spiro atoms. The Hall–Kier alpha value is -1.84. The molecule has 1 aromatic carbocycles. The second-order valence-corrected chi connectivity index (χ2v) is 6.83. The number of carbonyl (C=O) groups excluding carboxylic acids is 1. The topological polar surface area (TPSA) is 17.1 Å². The molecule has 0 radical (unpaired) electrons. The van der Waals surface area contributed by atoms with Crippen LogP contribution < -0.4 is 0 Å². The Kier molecular flexibility index (Phi) is 6.26. The van der Waals surface area contributed by atoms with Crippen molar-refractivity contribution >= 4 is 5.78 Å². The van der Waals surface area contributed by atoms with E-state index in [0.717, 1.165) is 42.5 Å². The number of carbonyl (C=O) groups is 1. The highest BCUT2D eigenvalue weighted by atomic mass is 19.4. The van der Waals surface area contributed by atoms with Gasteiger partial charge in [0, 0.05) is 12.3 Å². The van der Waals surface area contributed by atoms with Crippen LogP contribution in [-0.4, -0.2) is 5.78 Å². The Morgan fingerprint density at radius 1 is 1.28 bits per heavy atom. The van der Waals surface area contributed by atoms with E-state index in [1.165, 1.54) is 12.1 Å². The first-order chi connectivity index (χ1) is 11.8. The molecule has 1 aliphatic rings. The highest BCUT2D eigenvalue weighted by Crippen LogP contribution is 2.42. The summed E-state index contributed by atoms with van der Waals surface area (Å²) in [4.78, 5) is 12.8. The molecule has 0 aromatic heterocycles. The number of hydrogen-bond acceptors (Lipinski definition) is 1. The number of allylic oxidation sites excluding steroid dienone is 3. The molecule has 1 saturated carbocycles. The minimum absolute atomic E-state index is 0.0276. The van der Waals surface area contributed by atoms with Crippen LogP contribution in [0.5, 0.6) is 0 Å². The molecule has 4 heteroatoms. The Labute approximate surface area is 147 Å². The molecule has 1 fully saturated rings. The molecule has 0 heterocycles.